The number of amides is 2. The van der Waals surface area contributed by atoms with Crippen LogP contribution in [0.2, 0.25) is 0 Å². The second-order valence-corrected chi connectivity index (χ2v) is 9.00. The molecule has 0 heterocycles. The van der Waals surface area contributed by atoms with Gasteiger partial charge in [-0.1, -0.05) is 78.1 Å². The lowest BCUT2D eigenvalue weighted by molar-refractivity contribution is -0.140. The molecule has 0 atom stereocenters. The minimum absolute atomic E-state index is 0.0514. The first-order valence-corrected chi connectivity index (χ1v) is 11.6. The third kappa shape index (κ3) is 7.55. The van der Waals surface area contributed by atoms with E-state index in [-0.39, 0.29) is 12.2 Å². The summed E-state index contributed by atoms with van der Waals surface area (Å²) < 4.78 is 5.17. The van der Waals surface area contributed by atoms with Gasteiger partial charge in [0, 0.05) is 15.4 Å². The van der Waals surface area contributed by atoms with Gasteiger partial charge >= 0.3 is 5.97 Å². The molecular formula is C25H22N2O4S2. The van der Waals surface area contributed by atoms with Gasteiger partial charge in [-0.15, -0.1) is 0 Å². The van der Waals surface area contributed by atoms with Crippen LogP contribution in [0.3, 0.4) is 0 Å². The molecule has 0 aliphatic heterocycles. The highest BCUT2D eigenvalue weighted by Gasteiger charge is 2.22. The van der Waals surface area contributed by atoms with Gasteiger partial charge in [0.05, 0.1) is 11.3 Å². The number of rotatable bonds is 9. The fourth-order valence-electron chi connectivity index (χ4n) is 2.60. The van der Waals surface area contributed by atoms with Crippen LogP contribution in [0.1, 0.15) is 10.4 Å². The minimum Gasteiger partial charge on any atom is -0.468 e. The zero-order valence-corrected chi connectivity index (χ0v) is 19.4. The Labute approximate surface area is 200 Å². The predicted molar refractivity (Wildman–Crippen MR) is 131 cm³/mol. The van der Waals surface area contributed by atoms with E-state index in [9.17, 15) is 14.4 Å². The Morgan fingerprint density at radius 1 is 0.758 bits per heavy atom. The molecule has 0 bridgehead atoms. The van der Waals surface area contributed by atoms with Crippen LogP contribution < -0.4 is 10.6 Å². The smallest absolute Gasteiger partial charge is 0.325 e. The zero-order valence-electron chi connectivity index (χ0n) is 17.8. The lowest BCUT2D eigenvalue weighted by Gasteiger charge is -2.16. The average Bonchev–Trinajstić information content (AvgIpc) is 2.87. The molecular weight excluding hydrogens is 456 g/mol. The number of methoxy groups -OCH3 is 1. The Balaban J connectivity index is 2.01. The van der Waals surface area contributed by atoms with E-state index in [1.807, 2.05) is 60.7 Å². The lowest BCUT2D eigenvalue weighted by Crippen LogP contribution is -2.38. The molecule has 0 radical (unpaired) electrons. The van der Waals surface area contributed by atoms with Crippen molar-refractivity contribution in [2.24, 2.45) is 0 Å². The normalized spacial score (nSPS) is 10.1. The molecule has 0 spiro atoms. The van der Waals surface area contributed by atoms with Gasteiger partial charge in [-0.05, 0) is 36.4 Å². The van der Waals surface area contributed by atoms with E-state index in [2.05, 4.69) is 15.4 Å². The molecule has 0 aromatic heterocycles. The molecule has 0 aliphatic rings. The number of hydrogen-bond acceptors (Lipinski definition) is 6. The number of esters is 1. The minimum atomic E-state index is -0.593. The van der Waals surface area contributed by atoms with Crippen molar-refractivity contribution in [1.82, 2.24) is 10.6 Å². The Morgan fingerprint density at radius 3 is 1.73 bits per heavy atom. The molecule has 3 rings (SSSR count). The SMILES string of the molecule is COC(=O)CNC(=O)C(NC(=O)c1ccccc1)=C(Sc1ccccc1)Sc1ccccc1. The van der Waals surface area contributed by atoms with Crippen LogP contribution in [0.25, 0.3) is 0 Å². The number of nitrogens with one attached hydrogen (secondary N) is 2. The summed E-state index contributed by atoms with van der Waals surface area (Å²) >= 11 is 2.70. The Hall–Kier alpha value is -3.49. The zero-order chi connectivity index (χ0) is 23.5. The average molecular weight is 479 g/mol. The molecule has 0 saturated heterocycles. The second kappa shape index (κ2) is 12.5. The molecule has 168 valence electrons. The molecule has 0 fully saturated rings. The van der Waals surface area contributed by atoms with Crippen LogP contribution >= 0.6 is 23.5 Å². The first kappa shape index (κ1) is 24.2. The summed E-state index contributed by atoms with van der Waals surface area (Å²) in [7, 11) is 1.24. The van der Waals surface area contributed by atoms with Gasteiger partial charge in [0.2, 0.25) is 0 Å². The molecule has 0 saturated carbocycles. The topological polar surface area (TPSA) is 84.5 Å². The number of hydrogen-bond donors (Lipinski definition) is 2. The Bertz CT molecular complexity index is 1080. The summed E-state index contributed by atoms with van der Waals surface area (Å²) in [6, 6.07) is 27.7. The summed E-state index contributed by atoms with van der Waals surface area (Å²) in [5, 5.41) is 5.28. The molecule has 3 aromatic rings. The van der Waals surface area contributed by atoms with Crippen molar-refractivity contribution in [2.45, 2.75) is 9.79 Å². The van der Waals surface area contributed by atoms with E-state index in [1.54, 1.807) is 30.3 Å². The van der Waals surface area contributed by atoms with Crippen LogP contribution in [0.4, 0.5) is 0 Å². The van der Waals surface area contributed by atoms with Gasteiger partial charge in [-0.25, -0.2) is 0 Å². The molecule has 0 unspecified atom stereocenters. The highest BCUT2D eigenvalue weighted by Crippen LogP contribution is 2.40. The second-order valence-electron chi connectivity index (χ2n) is 6.57. The van der Waals surface area contributed by atoms with Gasteiger partial charge in [0.25, 0.3) is 11.8 Å². The standard InChI is InChI=1S/C25H22N2O4S2/c1-31-21(28)17-26-24(30)22(27-23(29)18-11-5-2-6-12-18)25(32-19-13-7-3-8-14-19)33-20-15-9-4-10-16-20/h2-16H,17H2,1H3,(H,26,30)(H,27,29). The van der Waals surface area contributed by atoms with E-state index >= 15 is 0 Å². The van der Waals surface area contributed by atoms with Crippen molar-refractivity contribution in [2.75, 3.05) is 13.7 Å². The third-order valence-electron chi connectivity index (χ3n) is 4.23. The Kier molecular flexibility index (Phi) is 9.17. The van der Waals surface area contributed by atoms with Crippen LogP contribution in [-0.2, 0) is 14.3 Å². The number of carbonyl (C=O) groups is 3. The quantitative estimate of drug-likeness (QED) is 0.268. The molecule has 8 heteroatoms. The number of ether oxygens (including phenoxy) is 1. The number of benzene rings is 3. The van der Waals surface area contributed by atoms with Gasteiger partial charge in [0.1, 0.15) is 12.2 Å². The number of carbonyl (C=O) groups excluding carboxylic acids is 3. The fraction of sp³-hybridized carbons (Fsp3) is 0.0800. The van der Waals surface area contributed by atoms with E-state index in [0.29, 0.717) is 9.80 Å². The summed E-state index contributed by atoms with van der Waals surface area (Å²) in [6.45, 7) is -0.320. The molecule has 33 heavy (non-hydrogen) atoms. The lowest BCUT2D eigenvalue weighted by atomic mass is 10.2. The fourth-order valence-corrected chi connectivity index (χ4v) is 4.85. The largest absolute Gasteiger partial charge is 0.468 e. The maximum atomic E-state index is 13.1. The van der Waals surface area contributed by atoms with Crippen LogP contribution in [0.15, 0.2) is 111 Å². The van der Waals surface area contributed by atoms with E-state index in [1.165, 1.54) is 30.6 Å². The van der Waals surface area contributed by atoms with Gasteiger partial charge < -0.3 is 15.4 Å². The van der Waals surface area contributed by atoms with Crippen LogP contribution in [0.5, 0.6) is 0 Å². The molecule has 2 amide bonds. The highest BCUT2D eigenvalue weighted by atomic mass is 32.2. The summed E-state index contributed by atoms with van der Waals surface area (Å²) in [4.78, 5) is 39.4. The first-order chi connectivity index (χ1) is 16.1. The predicted octanol–water partition coefficient (Wildman–Crippen LogP) is 4.46. The summed E-state index contributed by atoms with van der Waals surface area (Å²) in [5.74, 6) is -1.62. The summed E-state index contributed by atoms with van der Waals surface area (Å²) in [6.07, 6.45) is 0. The maximum Gasteiger partial charge on any atom is 0.325 e. The van der Waals surface area contributed by atoms with E-state index < -0.39 is 17.8 Å². The van der Waals surface area contributed by atoms with E-state index in [4.69, 9.17) is 0 Å². The molecule has 2 N–H and O–H groups in total. The molecule has 0 aliphatic carbocycles. The number of thioether (sulfide) groups is 2. The molecule has 3 aromatic carbocycles. The van der Waals surface area contributed by atoms with Crippen LogP contribution in [-0.4, -0.2) is 31.4 Å². The third-order valence-corrected chi connectivity index (χ3v) is 6.53. The first-order valence-electron chi connectivity index (χ1n) is 9.98. The van der Waals surface area contributed by atoms with Crippen LogP contribution in [0, 0.1) is 0 Å². The van der Waals surface area contributed by atoms with Crippen molar-refractivity contribution in [3.8, 4) is 0 Å². The summed E-state index contributed by atoms with van der Waals surface area (Å²) in [5.41, 5.74) is 0.458. The Morgan fingerprint density at radius 2 is 1.24 bits per heavy atom. The van der Waals surface area contributed by atoms with Gasteiger partial charge in [-0.3, -0.25) is 14.4 Å². The molecule has 6 nitrogen and oxygen atoms in total. The van der Waals surface area contributed by atoms with Crippen molar-refractivity contribution in [3.05, 3.63) is 106 Å². The monoisotopic (exact) mass is 478 g/mol. The van der Waals surface area contributed by atoms with E-state index in [0.717, 1.165) is 9.79 Å². The maximum absolute atomic E-state index is 13.1. The van der Waals surface area contributed by atoms with Crippen molar-refractivity contribution in [1.29, 1.82) is 0 Å². The highest BCUT2D eigenvalue weighted by molar-refractivity contribution is 8.22. The van der Waals surface area contributed by atoms with Crippen molar-refractivity contribution >= 4 is 41.3 Å². The van der Waals surface area contributed by atoms with Gasteiger partial charge in [-0.2, -0.15) is 0 Å². The van der Waals surface area contributed by atoms with Crippen molar-refractivity contribution < 1.29 is 19.1 Å². The van der Waals surface area contributed by atoms with Gasteiger partial charge in [0.15, 0.2) is 0 Å². The van der Waals surface area contributed by atoms with Crippen molar-refractivity contribution in [3.63, 3.8) is 0 Å².